The summed E-state index contributed by atoms with van der Waals surface area (Å²) in [7, 11) is 0. The molecule has 0 saturated carbocycles. The zero-order chi connectivity index (χ0) is 27.4. The number of carboxylic acid groups (broad SMARTS) is 2. The topological polar surface area (TPSA) is 128 Å². The van der Waals surface area contributed by atoms with E-state index >= 15 is 0 Å². The van der Waals surface area contributed by atoms with Gasteiger partial charge in [0.2, 0.25) is 5.89 Å². The van der Waals surface area contributed by atoms with Gasteiger partial charge in [0, 0.05) is 23.7 Å². The third-order valence-electron chi connectivity index (χ3n) is 6.17. The maximum Gasteiger partial charge on any atom is 0.318 e. The highest BCUT2D eigenvalue weighted by molar-refractivity contribution is 7.13. The van der Waals surface area contributed by atoms with Crippen molar-refractivity contribution in [3.05, 3.63) is 101 Å². The van der Waals surface area contributed by atoms with Crippen LogP contribution in [0.5, 0.6) is 5.75 Å². The van der Waals surface area contributed by atoms with Crippen LogP contribution in [0.2, 0.25) is 0 Å². The van der Waals surface area contributed by atoms with Crippen molar-refractivity contribution in [2.24, 2.45) is 5.92 Å². The van der Waals surface area contributed by atoms with Crippen molar-refractivity contribution in [2.45, 2.75) is 26.5 Å². The molecule has 2 aromatic carbocycles. The van der Waals surface area contributed by atoms with E-state index in [1.165, 1.54) is 11.3 Å². The molecule has 0 amide bonds. The Hall–Kier alpha value is -4.70. The van der Waals surface area contributed by atoms with Gasteiger partial charge in [0.1, 0.15) is 29.5 Å². The van der Waals surface area contributed by atoms with Gasteiger partial charge >= 0.3 is 11.9 Å². The molecule has 0 spiro atoms. The predicted octanol–water partition coefficient (Wildman–Crippen LogP) is 5.53. The molecule has 0 unspecified atom stereocenters. The van der Waals surface area contributed by atoms with Crippen molar-refractivity contribution < 1.29 is 29.0 Å². The van der Waals surface area contributed by atoms with Crippen LogP contribution in [0.25, 0.3) is 22.0 Å². The Balaban J connectivity index is 1.27. The average molecular weight is 544 g/mol. The summed E-state index contributed by atoms with van der Waals surface area (Å²) in [6.45, 7) is 2.55. The lowest BCUT2D eigenvalue weighted by Gasteiger charge is -2.07. The molecule has 10 heteroatoms. The van der Waals surface area contributed by atoms with Gasteiger partial charge in [0.25, 0.3) is 0 Å². The zero-order valence-electron chi connectivity index (χ0n) is 21.0. The lowest BCUT2D eigenvalue weighted by molar-refractivity contribution is -0.154. The molecule has 39 heavy (non-hydrogen) atoms. The highest BCUT2D eigenvalue weighted by atomic mass is 32.1. The molecule has 0 aliphatic rings. The van der Waals surface area contributed by atoms with E-state index in [0.717, 1.165) is 21.7 Å². The molecule has 3 heterocycles. The monoisotopic (exact) mass is 543 g/mol. The molecule has 5 aromatic rings. The summed E-state index contributed by atoms with van der Waals surface area (Å²) >= 11 is 1.46. The second-order valence-corrected chi connectivity index (χ2v) is 9.88. The summed E-state index contributed by atoms with van der Waals surface area (Å²) in [4.78, 5) is 28.4. The summed E-state index contributed by atoms with van der Waals surface area (Å²) in [5.74, 6) is -2.36. The number of aromatic nitrogens is 3. The number of carboxylic acids is 2. The second-order valence-electron chi connectivity index (χ2n) is 8.93. The molecule has 0 radical (unpaired) electrons. The van der Waals surface area contributed by atoms with Crippen LogP contribution in [0.1, 0.15) is 22.6 Å². The molecular formula is C29H25N3O6S. The summed E-state index contributed by atoms with van der Waals surface area (Å²) in [6, 6.07) is 21.0. The number of aryl methyl sites for hydroxylation is 1. The second kappa shape index (κ2) is 11.4. The van der Waals surface area contributed by atoms with Crippen LogP contribution >= 0.6 is 11.3 Å². The number of rotatable bonds is 11. The molecule has 0 fully saturated rings. The number of oxazole rings is 1. The van der Waals surface area contributed by atoms with Crippen LogP contribution in [-0.2, 0) is 29.2 Å². The summed E-state index contributed by atoms with van der Waals surface area (Å²) < 4.78 is 13.4. The van der Waals surface area contributed by atoms with Gasteiger partial charge < -0.3 is 19.4 Å². The minimum Gasteiger partial charge on any atom is -0.487 e. The van der Waals surface area contributed by atoms with Gasteiger partial charge in [-0.2, -0.15) is 5.10 Å². The highest BCUT2D eigenvalue weighted by Crippen LogP contribution is 2.29. The predicted molar refractivity (Wildman–Crippen MR) is 145 cm³/mol. The summed E-state index contributed by atoms with van der Waals surface area (Å²) in [6.07, 6.45) is 1.56. The third kappa shape index (κ3) is 6.07. The van der Waals surface area contributed by atoms with E-state index in [-0.39, 0.29) is 13.0 Å². The van der Waals surface area contributed by atoms with Crippen LogP contribution in [0.15, 0.2) is 82.7 Å². The van der Waals surface area contributed by atoms with Crippen molar-refractivity contribution in [2.75, 3.05) is 0 Å². The fraction of sp³-hybridized carbons (Fsp3) is 0.172. The van der Waals surface area contributed by atoms with Gasteiger partial charge in [-0.25, -0.2) is 4.98 Å². The Morgan fingerprint density at radius 2 is 1.77 bits per heavy atom. The first kappa shape index (κ1) is 25.9. The first-order valence-electron chi connectivity index (χ1n) is 12.2. The SMILES string of the molecule is Cc1oc(-c2ccccc2)nc1COc1ccc(Cn2cc(CC(C(=O)O)C(=O)O)c(-c3cccs3)n2)cc1. The van der Waals surface area contributed by atoms with Crippen molar-refractivity contribution in [1.82, 2.24) is 14.8 Å². The van der Waals surface area contributed by atoms with Crippen LogP contribution in [-0.4, -0.2) is 36.9 Å². The number of hydrogen-bond acceptors (Lipinski definition) is 7. The summed E-state index contributed by atoms with van der Waals surface area (Å²) in [5.41, 5.74) is 3.75. The quantitative estimate of drug-likeness (QED) is 0.208. The number of ether oxygens (including phenoxy) is 1. The maximum atomic E-state index is 11.5. The van der Waals surface area contributed by atoms with Gasteiger partial charge in [-0.3, -0.25) is 14.3 Å². The molecule has 3 aromatic heterocycles. The molecule has 0 saturated heterocycles. The molecule has 198 valence electrons. The smallest absolute Gasteiger partial charge is 0.318 e. The fourth-order valence-electron chi connectivity index (χ4n) is 4.11. The maximum absolute atomic E-state index is 11.5. The van der Waals surface area contributed by atoms with Crippen molar-refractivity contribution in [3.63, 3.8) is 0 Å². The first-order chi connectivity index (χ1) is 18.9. The van der Waals surface area contributed by atoms with E-state index in [4.69, 9.17) is 9.15 Å². The normalized spacial score (nSPS) is 11.1. The van der Waals surface area contributed by atoms with Crippen molar-refractivity contribution in [3.8, 4) is 27.8 Å². The van der Waals surface area contributed by atoms with Crippen LogP contribution in [0, 0.1) is 12.8 Å². The number of hydrogen-bond donors (Lipinski definition) is 2. The van der Waals surface area contributed by atoms with Gasteiger partial charge in [-0.15, -0.1) is 11.3 Å². The van der Waals surface area contributed by atoms with E-state index in [1.54, 1.807) is 10.9 Å². The molecule has 0 aliphatic heterocycles. The number of carbonyl (C=O) groups is 2. The average Bonchev–Trinajstić information content (AvgIpc) is 3.67. The fourth-order valence-corrected chi connectivity index (χ4v) is 4.85. The van der Waals surface area contributed by atoms with Crippen LogP contribution < -0.4 is 4.74 Å². The lowest BCUT2D eigenvalue weighted by Crippen LogP contribution is -2.25. The Bertz CT molecular complexity index is 1560. The molecule has 0 aliphatic carbocycles. The van der Waals surface area contributed by atoms with E-state index in [9.17, 15) is 19.8 Å². The molecule has 2 N–H and O–H groups in total. The first-order valence-corrected chi connectivity index (χ1v) is 13.0. The number of nitrogens with zero attached hydrogens (tertiary/aromatic N) is 3. The van der Waals surface area contributed by atoms with E-state index in [0.29, 0.717) is 35.2 Å². The minimum atomic E-state index is -1.55. The van der Waals surface area contributed by atoms with Crippen molar-refractivity contribution in [1.29, 1.82) is 0 Å². The summed E-state index contributed by atoms with van der Waals surface area (Å²) in [5, 5.41) is 25.2. The molecule has 5 rings (SSSR count). The Morgan fingerprint density at radius 3 is 2.44 bits per heavy atom. The van der Waals surface area contributed by atoms with Crippen molar-refractivity contribution >= 4 is 23.3 Å². The van der Waals surface area contributed by atoms with E-state index in [1.807, 2.05) is 79.0 Å². The number of aliphatic carboxylic acids is 2. The Kier molecular flexibility index (Phi) is 7.55. The highest BCUT2D eigenvalue weighted by Gasteiger charge is 2.28. The molecule has 0 atom stereocenters. The third-order valence-corrected chi connectivity index (χ3v) is 7.05. The minimum absolute atomic E-state index is 0.155. The lowest BCUT2D eigenvalue weighted by atomic mass is 9.99. The number of benzene rings is 2. The zero-order valence-corrected chi connectivity index (χ0v) is 21.8. The van der Waals surface area contributed by atoms with E-state index in [2.05, 4.69) is 10.1 Å². The number of thiophene rings is 1. The van der Waals surface area contributed by atoms with Gasteiger partial charge in [-0.1, -0.05) is 36.4 Å². The molecular weight excluding hydrogens is 518 g/mol. The Morgan fingerprint density at radius 1 is 1.03 bits per heavy atom. The Labute approximate surface area is 228 Å². The molecule has 9 nitrogen and oxygen atoms in total. The van der Waals surface area contributed by atoms with E-state index < -0.39 is 17.9 Å². The largest absolute Gasteiger partial charge is 0.487 e. The van der Waals surface area contributed by atoms with Gasteiger partial charge in [0.05, 0.1) is 11.4 Å². The van der Waals surface area contributed by atoms with Gasteiger partial charge in [0.15, 0.2) is 5.92 Å². The van der Waals surface area contributed by atoms with Crippen LogP contribution in [0.4, 0.5) is 0 Å². The molecule has 0 bridgehead atoms. The van der Waals surface area contributed by atoms with Gasteiger partial charge in [-0.05, 0) is 48.2 Å². The van der Waals surface area contributed by atoms with Crippen LogP contribution in [0.3, 0.4) is 0 Å². The standard InChI is InChI=1S/C29H25N3O6S/c1-18-24(30-27(38-18)20-6-3-2-4-7-20)17-37-22-11-9-19(10-12-22)15-32-16-21(14-23(28(33)34)29(35)36)26(31-32)25-8-5-13-39-25/h2-13,16,23H,14-15,17H2,1H3,(H,33,34)(H,35,36).